The molecule has 1 saturated carbocycles. The molecule has 0 heteroatoms. The topological polar surface area (TPSA) is 0 Å². The standard InChI is InChI=1S/C16H23/c1-2-3-8-14-9-7-12-16(13-14)15-10-5-4-6-11-15/h7,9,13,15H,2-6,8,10-11H2,1H3. The van der Waals surface area contributed by atoms with Crippen molar-refractivity contribution in [2.24, 2.45) is 0 Å². The summed E-state index contributed by atoms with van der Waals surface area (Å²) in [5.41, 5.74) is 2.99. The molecule has 1 fully saturated rings. The van der Waals surface area contributed by atoms with E-state index in [1.807, 2.05) is 0 Å². The van der Waals surface area contributed by atoms with Crippen LogP contribution in [-0.2, 0) is 6.42 Å². The second-order valence-corrected chi connectivity index (χ2v) is 5.09. The van der Waals surface area contributed by atoms with Gasteiger partial charge in [0.05, 0.1) is 0 Å². The highest BCUT2D eigenvalue weighted by Gasteiger charge is 2.15. The zero-order valence-corrected chi connectivity index (χ0v) is 10.5. The Hall–Kier alpha value is -0.780. The Morgan fingerprint density at radius 2 is 2.06 bits per heavy atom. The maximum atomic E-state index is 3.45. The highest BCUT2D eigenvalue weighted by Crippen LogP contribution is 2.32. The summed E-state index contributed by atoms with van der Waals surface area (Å²) in [4.78, 5) is 0. The van der Waals surface area contributed by atoms with Crippen molar-refractivity contribution in [1.29, 1.82) is 0 Å². The van der Waals surface area contributed by atoms with Crippen molar-refractivity contribution in [1.82, 2.24) is 0 Å². The lowest BCUT2D eigenvalue weighted by Gasteiger charge is -2.22. The SMILES string of the molecule is CCCCc1cc[c]c(C2CCCCC2)c1. The Bertz CT molecular complexity index is 308. The molecule has 1 aromatic rings. The van der Waals surface area contributed by atoms with Gasteiger partial charge in [-0.15, -0.1) is 0 Å². The molecule has 1 aliphatic rings. The Labute approximate surface area is 100 Å². The molecular weight excluding hydrogens is 192 g/mol. The van der Waals surface area contributed by atoms with E-state index in [0.717, 1.165) is 5.92 Å². The second kappa shape index (κ2) is 6.08. The first-order chi connectivity index (χ1) is 7.90. The van der Waals surface area contributed by atoms with Crippen LogP contribution >= 0.6 is 0 Å². The van der Waals surface area contributed by atoms with E-state index in [1.165, 1.54) is 62.5 Å². The molecule has 0 aromatic heterocycles. The summed E-state index contributed by atoms with van der Waals surface area (Å²) < 4.78 is 0. The molecule has 0 spiro atoms. The van der Waals surface area contributed by atoms with Crippen LogP contribution in [0.2, 0.25) is 0 Å². The minimum Gasteiger partial charge on any atom is -0.0654 e. The minimum atomic E-state index is 0.801. The lowest BCUT2D eigenvalue weighted by Crippen LogP contribution is -2.05. The van der Waals surface area contributed by atoms with E-state index < -0.39 is 0 Å². The van der Waals surface area contributed by atoms with Crippen LogP contribution in [-0.4, -0.2) is 0 Å². The average molecular weight is 215 g/mol. The van der Waals surface area contributed by atoms with Crippen LogP contribution in [0.3, 0.4) is 0 Å². The van der Waals surface area contributed by atoms with Crippen LogP contribution in [0, 0.1) is 6.07 Å². The van der Waals surface area contributed by atoms with Crippen LogP contribution in [0.15, 0.2) is 18.2 Å². The van der Waals surface area contributed by atoms with Gasteiger partial charge < -0.3 is 0 Å². The summed E-state index contributed by atoms with van der Waals surface area (Å²) in [7, 11) is 0. The Balaban J connectivity index is 2.02. The van der Waals surface area contributed by atoms with Crippen molar-refractivity contribution in [3.05, 3.63) is 35.4 Å². The number of unbranched alkanes of at least 4 members (excludes halogenated alkanes) is 1. The zero-order valence-electron chi connectivity index (χ0n) is 10.5. The van der Waals surface area contributed by atoms with Gasteiger partial charge in [0.25, 0.3) is 0 Å². The Morgan fingerprint density at radius 1 is 1.25 bits per heavy atom. The number of hydrogen-bond acceptors (Lipinski definition) is 0. The quantitative estimate of drug-likeness (QED) is 0.671. The van der Waals surface area contributed by atoms with Gasteiger partial charge in [0.2, 0.25) is 0 Å². The third-order valence-electron chi connectivity index (χ3n) is 3.75. The van der Waals surface area contributed by atoms with E-state index >= 15 is 0 Å². The van der Waals surface area contributed by atoms with Gasteiger partial charge in [0.1, 0.15) is 0 Å². The lowest BCUT2D eigenvalue weighted by atomic mass is 9.83. The zero-order chi connectivity index (χ0) is 11.2. The van der Waals surface area contributed by atoms with Crippen LogP contribution < -0.4 is 0 Å². The van der Waals surface area contributed by atoms with Gasteiger partial charge in [-0.25, -0.2) is 0 Å². The Morgan fingerprint density at radius 3 is 2.81 bits per heavy atom. The second-order valence-electron chi connectivity index (χ2n) is 5.09. The predicted molar refractivity (Wildman–Crippen MR) is 69.7 cm³/mol. The number of benzene rings is 1. The van der Waals surface area contributed by atoms with Gasteiger partial charge in [-0.05, 0) is 48.8 Å². The van der Waals surface area contributed by atoms with E-state index in [0.29, 0.717) is 0 Å². The van der Waals surface area contributed by atoms with Gasteiger partial charge in [0, 0.05) is 0 Å². The van der Waals surface area contributed by atoms with Crippen molar-refractivity contribution in [3.8, 4) is 0 Å². The van der Waals surface area contributed by atoms with Gasteiger partial charge in [-0.2, -0.15) is 0 Å². The Kier molecular flexibility index (Phi) is 4.44. The first-order valence-electron chi connectivity index (χ1n) is 6.90. The van der Waals surface area contributed by atoms with Gasteiger partial charge >= 0.3 is 0 Å². The van der Waals surface area contributed by atoms with Gasteiger partial charge in [0.15, 0.2) is 0 Å². The van der Waals surface area contributed by atoms with E-state index in [9.17, 15) is 0 Å². The van der Waals surface area contributed by atoms with Crippen molar-refractivity contribution in [2.45, 2.75) is 64.2 Å². The van der Waals surface area contributed by atoms with E-state index in [1.54, 1.807) is 0 Å². The summed E-state index contributed by atoms with van der Waals surface area (Å²) >= 11 is 0. The molecule has 0 aliphatic heterocycles. The molecule has 0 unspecified atom stereocenters. The third-order valence-corrected chi connectivity index (χ3v) is 3.75. The number of hydrogen-bond donors (Lipinski definition) is 0. The molecule has 0 bridgehead atoms. The van der Waals surface area contributed by atoms with Crippen LogP contribution in [0.4, 0.5) is 0 Å². The highest BCUT2D eigenvalue weighted by molar-refractivity contribution is 5.25. The summed E-state index contributed by atoms with van der Waals surface area (Å²) in [5.74, 6) is 0.801. The smallest absolute Gasteiger partial charge is 0.0146 e. The first-order valence-corrected chi connectivity index (χ1v) is 6.90. The molecule has 1 aliphatic carbocycles. The van der Waals surface area contributed by atoms with Crippen molar-refractivity contribution in [3.63, 3.8) is 0 Å². The fourth-order valence-corrected chi connectivity index (χ4v) is 2.72. The summed E-state index contributed by atoms with van der Waals surface area (Å²) in [6.07, 6.45) is 10.9. The average Bonchev–Trinajstić information content (AvgIpc) is 2.38. The van der Waals surface area contributed by atoms with Crippen LogP contribution in [0.5, 0.6) is 0 Å². The van der Waals surface area contributed by atoms with E-state index in [2.05, 4.69) is 31.2 Å². The molecule has 2 rings (SSSR count). The normalized spacial score (nSPS) is 17.6. The molecule has 0 N–H and O–H groups in total. The lowest BCUT2D eigenvalue weighted by molar-refractivity contribution is 0.443. The van der Waals surface area contributed by atoms with Crippen molar-refractivity contribution in [2.75, 3.05) is 0 Å². The maximum absolute atomic E-state index is 3.45. The first kappa shape index (κ1) is 11.7. The fourth-order valence-electron chi connectivity index (χ4n) is 2.72. The molecular formula is C16H23. The highest BCUT2D eigenvalue weighted by atomic mass is 14.2. The number of rotatable bonds is 4. The molecule has 0 atom stereocenters. The third kappa shape index (κ3) is 3.10. The molecule has 87 valence electrons. The van der Waals surface area contributed by atoms with Crippen molar-refractivity contribution >= 4 is 0 Å². The summed E-state index contributed by atoms with van der Waals surface area (Å²) in [6.45, 7) is 2.26. The minimum absolute atomic E-state index is 0.801. The van der Waals surface area contributed by atoms with E-state index in [4.69, 9.17) is 0 Å². The monoisotopic (exact) mass is 215 g/mol. The molecule has 1 radical (unpaired) electrons. The fraction of sp³-hybridized carbons (Fsp3) is 0.625. The molecule has 16 heavy (non-hydrogen) atoms. The van der Waals surface area contributed by atoms with Crippen molar-refractivity contribution < 1.29 is 0 Å². The molecule has 0 heterocycles. The predicted octanol–water partition coefficient (Wildman–Crippen LogP) is 4.88. The summed E-state index contributed by atoms with van der Waals surface area (Å²) in [5, 5.41) is 0. The molecule has 1 aromatic carbocycles. The van der Waals surface area contributed by atoms with Crippen LogP contribution in [0.25, 0.3) is 0 Å². The number of aryl methyl sites for hydroxylation is 1. The van der Waals surface area contributed by atoms with Gasteiger partial charge in [-0.3, -0.25) is 0 Å². The molecule has 0 saturated heterocycles. The van der Waals surface area contributed by atoms with Gasteiger partial charge in [-0.1, -0.05) is 50.8 Å². The molecule has 0 nitrogen and oxygen atoms in total. The summed E-state index contributed by atoms with van der Waals surface area (Å²) in [6, 6.07) is 10.2. The van der Waals surface area contributed by atoms with E-state index in [-0.39, 0.29) is 0 Å². The van der Waals surface area contributed by atoms with Crippen LogP contribution in [0.1, 0.15) is 68.9 Å². The molecule has 0 amide bonds. The maximum Gasteiger partial charge on any atom is -0.0146 e. The largest absolute Gasteiger partial charge is 0.0654 e.